The number of carbonyl (C=O) groups is 3. The van der Waals surface area contributed by atoms with Crippen LogP contribution >= 0.6 is 0 Å². The Kier molecular flexibility index (Phi) is 9.31. The molecule has 0 spiro atoms. The van der Waals surface area contributed by atoms with Crippen molar-refractivity contribution in [1.29, 1.82) is 0 Å². The van der Waals surface area contributed by atoms with E-state index in [4.69, 9.17) is 14.2 Å². The molecule has 2 fully saturated rings. The summed E-state index contributed by atoms with van der Waals surface area (Å²) in [7, 11) is 2.75. The van der Waals surface area contributed by atoms with Crippen molar-refractivity contribution in [1.82, 2.24) is 10.6 Å². The fourth-order valence-electron chi connectivity index (χ4n) is 5.18. The molecular weight excluding hydrogens is 491 g/mol. The molecule has 0 radical (unpaired) electrons. The molecule has 212 valence electrons. The minimum Gasteiger partial charge on any atom is -0.496 e. The Morgan fingerprint density at radius 3 is 2.29 bits per heavy atom. The molecule has 3 rings (SSSR count). The van der Waals surface area contributed by atoms with Crippen LogP contribution in [0.25, 0.3) is 0 Å². The third kappa shape index (κ3) is 6.77. The van der Waals surface area contributed by atoms with Crippen LogP contribution in [0.3, 0.4) is 0 Å². The van der Waals surface area contributed by atoms with E-state index in [2.05, 4.69) is 31.4 Å². The molecule has 8 nitrogen and oxygen atoms in total. The molecule has 0 unspecified atom stereocenters. The van der Waals surface area contributed by atoms with Crippen LogP contribution in [0, 0.1) is 22.6 Å². The lowest BCUT2D eigenvalue weighted by molar-refractivity contribution is -0.154. The van der Waals surface area contributed by atoms with E-state index in [0.717, 1.165) is 12.5 Å². The highest BCUT2D eigenvalue weighted by atomic mass is 19.1. The zero-order valence-corrected chi connectivity index (χ0v) is 23.7. The average molecular weight is 535 g/mol. The number of benzene rings is 1. The second-order valence-corrected chi connectivity index (χ2v) is 12.1. The number of nitrogens with one attached hydrogen (secondary N) is 2. The average Bonchev–Trinajstić information content (AvgIpc) is 3.33. The summed E-state index contributed by atoms with van der Waals surface area (Å²) in [6.07, 6.45) is 4.15. The second kappa shape index (κ2) is 11.9. The highest BCUT2D eigenvalue weighted by Gasteiger charge is 2.40. The molecule has 1 aromatic rings. The van der Waals surface area contributed by atoms with Gasteiger partial charge in [0, 0.05) is 18.2 Å². The molecule has 2 aliphatic carbocycles. The van der Waals surface area contributed by atoms with Crippen LogP contribution in [0.15, 0.2) is 12.1 Å². The Hall–Kier alpha value is -2.84. The van der Waals surface area contributed by atoms with E-state index in [1.807, 2.05) is 13.8 Å². The van der Waals surface area contributed by atoms with E-state index in [1.54, 1.807) is 0 Å². The van der Waals surface area contributed by atoms with Crippen LogP contribution in [-0.2, 0) is 14.3 Å². The topological polar surface area (TPSA) is 103 Å². The minimum atomic E-state index is -0.631. The first-order valence-corrected chi connectivity index (χ1v) is 13.5. The maximum atomic E-state index is 14.9. The van der Waals surface area contributed by atoms with Crippen molar-refractivity contribution in [3.8, 4) is 11.5 Å². The fourth-order valence-corrected chi connectivity index (χ4v) is 5.18. The fraction of sp³-hybridized carbons (Fsp3) is 0.690. The highest BCUT2D eigenvalue weighted by Crippen LogP contribution is 2.39. The third-order valence-corrected chi connectivity index (χ3v) is 8.33. The molecule has 0 heterocycles. The van der Waals surface area contributed by atoms with Gasteiger partial charge in [0.25, 0.3) is 5.91 Å². The van der Waals surface area contributed by atoms with Crippen molar-refractivity contribution < 1.29 is 33.0 Å². The molecule has 2 saturated carbocycles. The molecular formula is C29H43FN2O6. The van der Waals surface area contributed by atoms with Gasteiger partial charge in [-0.15, -0.1) is 0 Å². The summed E-state index contributed by atoms with van der Waals surface area (Å²) in [6, 6.07) is 2.16. The number of carbonyl (C=O) groups excluding carboxylic acids is 3. The van der Waals surface area contributed by atoms with E-state index >= 15 is 0 Å². The SMILES string of the molecule is COc1cc(F)c(O[C@H]2CC[C@@](C)(C(=O)OC)CC2)cc1C(=O)N[C@@H]1CCC[C@@H]1C(=O)N[C@H](C)C(C)(C)C. The van der Waals surface area contributed by atoms with Gasteiger partial charge in [-0.1, -0.05) is 27.2 Å². The lowest BCUT2D eigenvalue weighted by Crippen LogP contribution is -2.49. The maximum Gasteiger partial charge on any atom is 0.311 e. The van der Waals surface area contributed by atoms with Gasteiger partial charge in [0.2, 0.25) is 5.91 Å². The van der Waals surface area contributed by atoms with E-state index in [9.17, 15) is 18.8 Å². The molecule has 2 amide bonds. The van der Waals surface area contributed by atoms with Crippen molar-refractivity contribution in [3.05, 3.63) is 23.5 Å². The van der Waals surface area contributed by atoms with Gasteiger partial charge in [-0.05, 0) is 63.9 Å². The van der Waals surface area contributed by atoms with E-state index in [-0.39, 0.29) is 58.5 Å². The minimum absolute atomic E-state index is 0.0193. The van der Waals surface area contributed by atoms with Crippen LogP contribution in [0.5, 0.6) is 11.5 Å². The van der Waals surface area contributed by atoms with Crippen LogP contribution in [0.2, 0.25) is 0 Å². The Bertz CT molecular complexity index is 1030. The lowest BCUT2D eigenvalue weighted by Gasteiger charge is -2.35. The van der Waals surface area contributed by atoms with Crippen LogP contribution in [0.4, 0.5) is 4.39 Å². The van der Waals surface area contributed by atoms with Gasteiger partial charge < -0.3 is 24.8 Å². The number of hydrogen-bond acceptors (Lipinski definition) is 6. The van der Waals surface area contributed by atoms with Gasteiger partial charge in [-0.3, -0.25) is 14.4 Å². The number of rotatable bonds is 8. The van der Waals surface area contributed by atoms with Gasteiger partial charge in [0.15, 0.2) is 11.6 Å². The molecule has 38 heavy (non-hydrogen) atoms. The number of halogens is 1. The van der Waals surface area contributed by atoms with Crippen LogP contribution in [-0.4, -0.2) is 50.2 Å². The van der Waals surface area contributed by atoms with Gasteiger partial charge in [-0.2, -0.15) is 0 Å². The number of hydrogen-bond donors (Lipinski definition) is 2. The smallest absolute Gasteiger partial charge is 0.311 e. The van der Waals surface area contributed by atoms with Gasteiger partial charge in [0.1, 0.15) is 5.75 Å². The van der Waals surface area contributed by atoms with E-state index in [0.29, 0.717) is 38.5 Å². The molecule has 2 N–H and O–H groups in total. The number of esters is 1. The third-order valence-electron chi connectivity index (χ3n) is 8.33. The second-order valence-electron chi connectivity index (χ2n) is 12.1. The van der Waals surface area contributed by atoms with Gasteiger partial charge in [0.05, 0.1) is 37.2 Å². The summed E-state index contributed by atoms with van der Waals surface area (Å²) < 4.78 is 31.1. The Morgan fingerprint density at radius 1 is 1.05 bits per heavy atom. The molecule has 3 atom stereocenters. The molecule has 0 bridgehead atoms. The predicted molar refractivity (Wildman–Crippen MR) is 142 cm³/mol. The van der Waals surface area contributed by atoms with E-state index < -0.39 is 17.1 Å². The largest absolute Gasteiger partial charge is 0.496 e. The van der Waals surface area contributed by atoms with Crippen molar-refractivity contribution in [2.75, 3.05) is 14.2 Å². The van der Waals surface area contributed by atoms with Crippen molar-refractivity contribution >= 4 is 17.8 Å². The standard InChI is InChI=1S/C29H43FN2O6/c1-17(28(2,3)4)31-25(33)19-9-8-10-22(19)32-26(34)20-15-24(21(30)16-23(20)36-6)38-18-11-13-29(5,14-12-18)27(35)37-7/h15-19,22H,8-14H2,1-7H3,(H,31,33)(H,32,34)/t17-,18-,19+,22-,29+/m1/s1. The summed E-state index contributed by atoms with van der Waals surface area (Å²) >= 11 is 0. The highest BCUT2D eigenvalue weighted by molar-refractivity contribution is 5.98. The summed E-state index contributed by atoms with van der Waals surface area (Å²) in [5.41, 5.74) is -0.512. The van der Waals surface area contributed by atoms with Crippen LogP contribution < -0.4 is 20.1 Å². The first-order valence-electron chi connectivity index (χ1n) is 13.5. The quantitative estimate of drug-likeness (QED) is 0.465. The Morgan fingerprint density at radius 2 is 1.71 bits per heavy atom. The summed E-state index contributed by atoms with van der Waals surface area (Å²) in [6.45, 7) is 10.0. The lowest BCUT2D eigenvalue weighted by atomic mass is 9.75. The maximum absolute atomic E-state index is 14.9. The molecule has 0 saturated heterocycles. The van der Waals surface area contributed by atoms with Gasteiger partial charge in [-0.25, -0.2) is 4.39 Å². The number of ether oxygens (including phenoxy) is 3. The van der Waals surface area contributed by atoms with E-state index in [1.165, 1.54) is 20.3 Å². The monoisotopic (exact) mass is 534 g/mol. The summed E-state index contributed by atoms with van der Waals surface area (Å²) in [5, 5.41) is 6.08. The molecule has 9 heteroatoms. The molecule has 0 aliphatic heterocycles. The summed E-state index contributed by atoms with van der Waals surface area (Å²) in [4.78, 5) is 38.4. The first kappa shape index (κ1) is 29.7. The number of methoxy groups -OCH3 is 2. The molecule has 2 aliphatic rings. The Labute approximate surface area is 225 Å². The zero-order valence-electron chi connectivity index (χ0n) is 23.7. The van der Waals surface area contributed by atoms with Crippen molar-refractivity contribution in [2.45, 2.75) is 97.8 Å². The predicted octanol–water partition coefficient (Wildman–Crippen LogP) is 4.78. The zero-order chi connectivity index (χ0) is 28.3. The molecule has 1 aromatic carbocycles. The Balaban J connectivity index is 1.71. The van der Waals surface area contributed by atoms with Crippen molar-refractivity contribution in [2.24, 2.45) is 16.7 Å². The number of amides is 2. The normalized spacial score (nSPS) is 26.3. The van der Waals surface area contributed by atoms with Crippen LogP contribution in [0.1, 0.15) is 89.9 Å². The first-order chi connectivity index (χ1) is 17.8. The molecule has 0 aromatic heterocycles. The van der Waals surface area contributed by atoms with Gasteiger partial charge >= 0.3 is 5.97 Å². The van der Waals surface area contributed by atoms with Crippen molar-refractivity contribution in [3.63, 3.8) is 0 Å². The summed E-state index contributed by atoms with van der Waals surface area (Å²) in [5.74, 6) is -1.68.